The number of carbonyl (C=O) groups is 1. The second-order valence-corrected chi connectivity index (χ2v) is 10.7. The van der Waals surface area contributed by atoms with Crippen LogP contribution in [0.4, 0.5) is 18.9 Å². The Morgan fingerprint density at radius 1 is 1.16 bits per heavy atom. The fraction of sp³-hybridized carbons (Fsp3) is 0.292. The number of halogens is 3. The van der Waals surface area contributed by atoms with E-state index >= 15 is 0 Å². The van der Waals surface area contributed by atoms with Gasteiger partial charge in [-0.3, -0.25) is 9.78 Å². The van der Waals surface area contributed by atoms with Gasteiger partial charge in [0.05, 0.1) is 27.8 Å². The molecule has 2 heterocycles. The molecule has 4 rings (SSSR count). The van der Waals surface area contributed by atoms with E-state index in [9.17, 15) is 31.6 Å². The summed E-state index contributed by atoms with van der Waals surface area (Å²) in [5, 5.41) is 18.6. The molecule has 0 saturated heterocycles. The van der Waals surface area contributed by atoms with Crippen molar-refractivity contribution in [2.24, 2.45) is 0 Å². The maximum Gasteiger partial charge on any atom is 0.435 e. The quantitative estimate of drug-likeness (QED) is 0.491. The first-order chi connectivity index (χ1) is 17.2. The second kappa shape index (κ2) is 9.11. The molecule has 0 aliphatic heterocycles. The highest BCUT2D eigenvalue weighted by atomic mass is 32.2. The number of aryl methyl sites for hydroxylation is 1. The van der Waals surface area contributed by atoms with Gasteiger partial charge in [0.25, 0.3) is 11.8 Å². The number of anilines is 1. The molecule has 1 aromatic carbocycles. The van der Waals surface area contributed by atoms with Crippen LogP contribution in [-0.4, -0.2) is 35.8 Å². The van der Waals surface area contributed by atoms with Crippen LogP contribution in [0, 0.1) is 25.2 Å². The largest absolute Gasteiger partial charge is 0.435 e. The van der Waals surface area contributed by atoms with Crippen LogP contribution in [0.3, 0.4) is 0 Å². The summed E-state index contributed by atoms with van der Waals surface area (Å²) in [7, 11) is -3.60. The molecule has 1 fully saturated rings. The first kappa shape index (κ1) is 26.0. The number of sulfone groups is 1. The Bertz CT molecular complexity index is 1560. The number of amides is 1. The molecule has 13 heteroatoms. The number of carbonyl (C=O) groups excluding carboxylic acids is 1. The number of ether oxygens (including phenoxy) is 1. The minimum absolute atomic E-state index is 0.0390. The summed E-state index contributed by atoms with van der Waals surface area (Å²) in [5.74, 6) is -1.40. The topological polar surface area (TPSA) is 135 Å². The average molecular weight is 532 g/mol. The third-order valence-corrected chi connectivity index (χ3v) is 7.01. The molecule has 1 aliphatic rings. The van der Waals surface area contributed by atoms with Gasteiger partial charge in [-0.15, -0.1) is 10.2 Å². The molecular weight excluding hydrogens is 511 g/mol. The van der Waals surface area contributed by atoms with Crippen molar-refractivity contribution in [3.8, 4) is 17.7 Å². The van der Waals surface area contributed by atoms with Crippen molar-refractivity contribution in [2.45, 2.75) is 43.2 Å². The molecule has 1 N–H and O–H groups in total. The minimum Gasteiger partial charge on any atom is -0.435 e. The molecular formula is C24H20F3N5O4S. The number of hydrogen-bond acceptors (Lipinski definition) is 8. The Labute approximate surface area is 210 Å². The van der Waals surface area contributed by atoms with E-state index in [1.807, 2.05) is 0 Å². The molecule has 37 heavy (non-hydrogen) atoms. The highest BCUT2D eigenvalue weighted by Crippen LogP contribution is 2.47. The maximum absolute atomic E-state index is 13.5. The number of aromatic nitrogens is 3. The predicted octanol–water partition coefficient (Wildman–Crippen LogP) is 4.51. The highest BCUT2D eigenvalue weighted by molar-refractivity contribution is 7.90. The molecule has 0 unspecified atom stereocenters. The van der Waals surface area contributed by atoms with Gasteiger partial charge in [0.2, 0.25) is 0 Å². The Morgan fingerprint density at radius 2 is 1.86 bits per heavy atom. The van der Waals surface area contributed by atoms with Gasteiger partial charge in [0.15, 0.2) is 21.3 Å². The zero-order valence-corrected chi connectivity index (χ0v) is 20.7. The zero-order chi connectivity index (χ0) is 27.2. The summed E-state index contributed by atoms with van der Waals surface area (Å²) in [6.07, 6.45) is -2.57. The fourth-order valence-corrected chi connectivity index (χ4v) is 4.35. The molecule has 0 radical (unpaired) electrons. The van der Waals surface area contributed by atoms with Crippen LogP contribution in [0.2, 0.25) is 0 Å². The van der Waals surface area contributed by atoms with Crippen molar-refractivity contribution in [1.82, 2.24) is 15.2 Å². The normalized spacial score (nSPS) is 14.5. The monoisotopic (exact) mass is 531 g/mol. The van der Waals surface area contributed by atoms with Crippen LogP contribution in [0.15, 0.2) is 41.3 Å². The van der Waals surface area contributed by atoms with Gasteiger partial charge in [-0.05, 0) is 62.6 Å². The molecule has 1 saturated carbocycles. The molecule has 0 bridgehead atoms. The molecule has 0 atom stereocenters. The van der Waals surface area contributed by atoms with Crippen LogP contribution in [0.25, 0.3) is 0 Å². The Balaban J connectivity index is 1.74. The van der Waals surface area contributed by atoms with Gasteiger partial charge in [-0.2, -0.15) is 18.4 Å². The summed E-state index contributed by atoms with van der Waals surface area (Å²) in [4.78, 5) is 17.5. The van der Waals surface area contributed by atoms with Crippen molar-refractivity contribution in [3.63, 3.8) is 0 Å². The first-order valence-electron chi connectivity index (χ1n) is 10.9. The number of nitrogens with one attached hydrogen (secondary N) is 1. The van der Waals surface area contributed by atoms with Crippen LogP contribution < -0.4 is 10.1 Å². The lowest BCUT2D eigenvalue weighted by molar-refractivity contribution is -0.142. The van der Waals surface area contributed by atoms with Crippen molar-refractivity contribution < 1.29 is 31.1 Å². The van der Waals surface area contributed by atoms with Gasteiger partial charge >= 0.3 is 6.18 Å². The minimum atomic E-state index is -4.89. The Kier molecular flexibility index (Phi) is 6.41. The fourth-order valence-electron chi connectivity index (χ4n) is 3.68. The summed E-state index contributed by atoms with van der Waals surface area (Å²) >= 11 is 0. The molecule has 2 aromatic heterocycles. The SMILES string of the molecule is Cc1nc(C2(C#N)CC2)ccc1Oc1nnc(C(F)(F)F)c(C)c1C(=O)Nc1cccc(S(C)(=O)=O)c1. The first-order valence-corrected chi connectivity index (χ1v) is 12.8. The maximum atomic E-state index is 13.5. The van der Waals surface area contributed by atoms with E-state index in [-0.39, 0.29) is 16.3 Å². The lowest BCUT2D eigenvalue weighted by Gasteiger charge is -2.17. The number of alkyl halides is 3. The second-order valence-electron chi connectivity index (χ2n) is 8.68. The number of nitriles is 1. The number of rotatable bonds is 6. The Morgan fingerprint density at radius 3 is 2.43 bits per heavy atom. The molecule has 192 valence electrons. The van der Waals surface area contributed by atoms with Crippen LogP contribution >= 0.6 is 0 Å². The van der Waals surface area contributed by atoms with Crippen molar-refractivity contribution in [3.05, 3.63) is 64.6 Å². The average Bonchev–Trinajstić information content (AvgIpc) is 3.60. The molecule has 9 nitrogen and oxygen atoms in total. The van der Waals surface area contributed by atoms with Gasteiger partial charge in [0.1, 0.15) is 5.56 Å². The number of nitrogens with zero attached hydrogens (tertiary/aromatic N) is 4. The highest BCUT2D eigenvalue weighted by Gasteiger charge is 2.46. The third kappa shape index (κ3) is 5.24. The number of hydrogen-bond donors (Lipinski definition) is 1. The summed E-state index contributed by atoms with van der Waals surface area (Å²) < 4.78 is 70.0. The van der Waals surface area contributed by atoms with Crippen molar-refractivity contribution in [2.75, 3.05) is 11.6 Å². The summed E-state index contributed by atoms with van der Waals surface area (Å²) in [5.41, 5.74) is -2.16. The van der Waals surface area contributed by atoms with Crippen molar-refractivity contribution >= 4 is 21.4 Å². The number of benzene rings is 1. The van der Waals surface area contributed by atoms with Crippen LogP contribution in [-0.2, 0) is 21.4 Å². The molecule has 1 aliphatic carbocycles. The lowest BCUT2D eigenvalue weighted by Crippen LogP contribution is -2.21. The van der Waals surface area contributed by atoms with E-state index in [0.29, 0.717) is 24.2 Å². The predicted molar refractivity (Wildman–Crippen MR) is 125 cm³/mol. The van der Waals surface area contributed by atoms with Gasteiger partial charge in [-0.1, -0.05) is 6.07 Å². The van der Waals surface area contributed by atoms with Gasteiger partial charge in [0, 0.05) is 11.9 Å². The summed E-state index contributed by atoms with van der Waals surface area (Å²) in [6, 6.07) is 10.6. The standard InChI is InChI=1S/C24H20F3N5O4S/c1-13-19(21(33)30-15-5-4-6-16(11-15)37(3,34)35)22(32-31-20(13)24(25,26)27)36-17-7-8-18(29-14(17)2)23(12-28)9-10-23/h4-8,11H,9-10H2,1-3H3,(H,30,33). The van der Waals surface area contributed by atoms with Gasteiger partial charge < -0.3 is 10.1 Å². The third-order valence-electron chi connectivity index (χ3n) is 5.90. The molecule has 0 spiro atoms. The summed E-state index contributed by atoms with van der Waals surface area (Å²) in [6.45, 7) is 2.65. The van der Waals surface area contributed by atoms with E-state index in [1.165, 1.54) is 30.3 Å². The molecule has 1 amide bonds. The number of pyridine rings is 1. The Hall–Kier alpha value is -4.05. The van der Waals surface area contributed by atoms with E-state index in [2.05, 4.69) is 26.6 Å². The molecule has 3 aromatic rings. The van der Waals surface area contributed by atoms with Crippen LogP contribution in [0.5, 0.6) is 11.6 Å². The van der Waals surface area contributed by atoms with E-state index < -0.39 is 50.0 Å². The zero-order valence-electron chi connectivity index (χ0n) is 19.8. The van der Waals surface area contributed by atoms with E-state index in [0.717, 1.165) is 13.2 Å². The van der Waals surface area contributed by atoms with Crippen LogP contribution in [0.1, 0.15) is 45.8 Å². The van der Waals surface area contributed by atoms with E-state index in [1.54, 1.807) is 13.0 Å². The van der Waals surface area contributed by atoms with Gasteiger partial charge in [-0.25, -0.2) is 8.42 Å². The van der Waals surface area contributed by atoms with E-state index in [4.69, 9.17) is 4.74 Å². The lowest BCUT2D eigenvalue weighted by atomic mass is 10.0. The smallest absolute Gasteiger partial charge is 0.435 e. The van der Waals surface area contributed by atoms with Crippen molar-refractivity contribution in [1.29, 1.82) is 5.26 Å².